The van der Waals surface area contributed by atoms with Gasteiger partial charge in [-0.3, -0.25) is 0 Å². The van der Waals surface area contributed by atoms with Crippen molar-refractivity contribution in [1.82, 2.24) is 0 Å². The summed E-state index contributed by atoms with van der Waals surface area (Å²) in [5.41, 5.74) is 0. The summed E-state index contributed by atoms with van der Waals surface area (Å²) in [5.74, 6) is -1.19. The van der Waals surface area contributed by atoms with E-state index in [-0.39, 0.29) is 0 Å². The Bertz CT molecular complexity index is 179. The van der Waals surface area contributed by atoms with Crippen molar-refractivity contribution >= 4 is 37.4 Å². The van der Waals surface area contributed by atoms with E-state index in [0.717, 1.165) is 0 Å². The molecule has 2 N–H and O–H groups in total. The van der Waals surface area contributed by atoms with E-state index >= 15 is 0 Å². The average Bonchev–Trinajstić information content (AvgIpc) is 2.36. The van der Waals surface area contributed by atoms with Crippen LogP contribution in [-0.4, -0.2) is 22.3 Å². The quantitative estimate of drug-likeness (QED) is 0.649. The molecule has 0 aromatic heterocycles. The van der Waals surface area contributed by atoms with Gasteiger partial charge in [0, 0.05) is 4.91 Å². The highest BCUT2D eigenvalue weighted by atomic mass is 33.5. The Morgan fingerprint density at radius 2 is 2.40 bits per heavy atom. The molecule has 1 aliphatic rings. The van der Waals surface area contributed by atoms with E-state index in [4.69, 9.17) is 10.2 Å². The molecular formula is C4H4O3S3. The summed E-state index contributed by atoms with van der Waals surface area (Å²) in [7, 11) is 4.16. The third-order valence-corrected chi connectivity index (χ3v) is 4.64. The Hall–Kier alpha value is 0.220. The molecule has 0 radical (unpaired) electrons. The molecule has 0 fully saturated rings. The predicted octanol–water partition coefficient (Wildman–Crippen LogP) is 1.32. The summed E-state index contributed by atoms with van der Waals surface area (Å²) in [6, 6.07) is 0. The molecule has 0 saturated heterocycles. The van der Waals surface area contributed by atoms with Gasteiger partial charge in [-0.25, -0.2) is 4.79 Å². The number of carboxylic acids is 1. The second-order valence-electron chi connectivity index (χ2n) is 1.51. The molecule has 0 spiro atoms. The minimum atomic E-state index is -1.34. The standard InChI is InChI=1S/C4H4O3S3/c5-3(4(6)7)2-1-8-10-9-2/h1,3,5H,(H,6,7). The normalized spacial score (nSPS) is 20.3. The van der Waals surface area contributed by atoms with Crippen molar-refractivity contribution in [2.75, 3.05) is 0 Å². The third kappa shape index (κ3) is 1.85. The molecule has 3 nitrogen and oxygen atoms in total. The summed E-state index contributed by atoms with van der Waals surface area (Å²) >= 11 is 0. The molecule has 0 aromatic carbocycles. The first-order valence-electron chi connectivity index (χ1n) is 2.33. The first-order valence-corrected chi connectivity index (χ1v) is 5.87. The van der Waals surface area contributed by atoms with Crippen LogP contribution in [0.2, 0.25) is 0 Å². The SMILES string of the molecule is O=C(O)C(O)C1=CSSS1. The molecule has 56 valence electrons. The summed E-state index contributed by atoms with van der Waals surface area (Å²) in [6.07, 6.45) is -1.34. The van der Waals surface area contributed by atoms with E-state index in [1.54, 1.807) is 5.41 Å². The van der Waals surface area contributed by atoms with Crippen LogP contribution < -0.4 is 0 Å². The third-order valence-electron chi connectivity index (χ3n) is 0.837. The van der Waals surface area contributed by atoms with Gasteiger partial charge in [0.1, 0.15) is 0 Å². The summed E-state index contributed by atoms with van der Waals surface area (Å²) < 4.78 is 0. The lowest BCUT2D eigenvalue weighted by Gasteiger charge is -2.01. The Kier molecular flexibility index (Phi) is 2.96. The number of hydrogen-bond acceptors (Lipinski definition) is 5. The number of aliphatic hydroxyl groups is 1. The molecule has 1 unspecified atom stereocenters. The molecule has 1 atom stereocenters. The molecule has 6 heteroatoms. The second kappa shape index (κ2) is 3.56. The fourth-order valence-electron chi connectivity index (χ4n) is 0.377. The Labute approximate surface area is 69.1 Å². The molecule has 10 heavy (non-hydrogen) atoms. The maximum atomic E-state index is 10.2. The van der Waals surface area contributed by atoms with Gasteiger partial charge in [0.05, 0.1) is 0 Å². The zero-order chi connectivity index (χ0) is 7.56. The topological polar surface area (TPSA) is 57.5 Å². The maximum absolute atomic E-state index is 10.2. The number of carboxylic acid groups (broad SMARTS) is 1. The lowest BCUT2D eigenvalue weighted by atomic mass is 10.4. The molecule has 0 aliphatic carbocycles. The lowest BCUT2D eigenvalue weighted by Crippen LogP contribution is -2.19. The van der Waals surface area contributed by atoms with Gasteiger partial charge in [0.2, 0.25) is 0 Å². The number of rotatable bonds is 2. The number of aliphatic carboxylic acids is 1. The van der Waals surface area contributed by atoms with Gasteiger partial charge < -0.3 is 10.2 Å². The predicted molar refractivity (Wildman–Crippen MR) is 44.5 cm³/mol. The van der Waals surface area contributed by atoms with Crippen molar-refractivity contribution in [3.63, 3.8) is 0 Å². The van der Waals surface area contributed by atoms with Crippen molar-refractivity contribution < 1.29 is 15.0 Å². The van der Waals surface area contributed by atoms with E-state index in [2.05, 4.69) is 0 Å². The Morgan fingerprint density at radius 1 is 1.70 bits per heavy atom. The van der Waals surface area contributed by atoms with Crippen molar-refractivity contribution in [3.05, 3.63) is 10.3 Å². The van der Waals surface area contributed by atoms with Gasteiger partial charge in [0.25, 0.3) is 0 Å². The number of hydrogen-bond donors (Lipinski definition) is 2. The van der Waals surface area contributed by atoms with Crippen molar-refractivity contribution in [1.29, 1.82) is 0 Å². The first kappa shape index (κ1) is 8.32. The number of aliphatic hydroxyl groups excluding tert-OH is 1. The largest absolute Gasteiger partial charge is 0.479 e. The van der Waals surface area contributed by atoms with Gasteiger partial charge in [-0.2, -0.15) is 0 Å². The lowest BCUT2D eigenvalue weighted by molar-refractivity contribution is -0.144. The van der Waals surface area contributed by atoms with Crippen LogP contribution in [0.4, 0.5) is 0 Å². The summed E-state index contributed by atoms with van der Waals surface area (Å²) in [6.45, 7) is 0. The van der Waals surface area contributed by atoms with Gasteiger partial charge in [-0.15, -0.1) is 0 Å². The van der Waals surface area contributed by atoms with E-state index < -0.39 is 12.1 Å². The van der Waals surface area contributed by atoms with Gasteiger partial charge in [-0.05, 0) is 26.0 Å². The van der Waals surface area contributed by atoms with Crippen molar-refractivity contribution in [2.24, 2.45) is 0 Å². The smallest absolute Gasteiger partial charge is 0.337 e. The molecule has 0 saturated carbocycles. The second-order valence-corrected chi connectivity index (χ2v) is 5.42. The van der Waals surface area contributed by atoms with Crippen LogP contribution >= 0.6 is 31.4 Å². The van der Waals surface area contributed by atoms with E-state index in [1.807, 2.05) is 0 Å². The zero-order valence-corrected chi connectivity index (χ0v) is 7.13. The highest BCUT2D eigenvalue weighted by molar-refractivity contribution is 9.11. The van der Waals surface area contributed by atoms with Crippen LogP contribution in [0.15, 0.2) is 10.3 Å². The maximum Gasteiger partial charge on any atom is 0.337 e. The minimum absolute atomic E-state index is 0.502. The van der Waals surface area contributed by atoms with Crippen LogP contribution in [0.25, 0.3) is 0 Å². The molecule has 0 aromatic rings. The first-order chi connectivity index (χ1) is 4.72. The molecule has 1 rings (SSSR count). The Balaban J connectivity index is 2.55. The van der Waals surface area contributed by atoms with E-state index in [1.165, 1.54) is 31.4 Å². The van der Waals surface area contributed by atoms with E-state index in [0.29, 0.717) is 4.91 Å². The van der Waals surface area contributed by atoms with Crippen LogP contribution in [-0.2, 0) is 4.79 Å². The summed E-state index contributed by atoms with van der Waals surface area (Å²) in [5, 5.41) is 18.9. The van der Waals surface area contributed by atoms with Gasteiger partial charge >= 0.3 is 5.97 Å². The zero-order valence-electron chi connectivity index (χ0n) is 4.68. The van der Waals surface area contributed by atoms with Crippen LogP contribution in [0.1, 0.15) is 0 Å². The molecule has 1 aliphatic heterocycles. The van der Waals surface area contributed by atoms with Gasteiger partial charge in [0.15, 0.2) is 6.10 Å². The van der Waals surface area contributed by atoms with Crippen LogP contribution in [0.3, 0.4) is 0 Å². The molecule has 0 amide bonds. The van der Waals surface area contributed by atoms with Gasteiger partial charge in [-0.1, -0.05) is 10.8 Å². The Morgan fingerprint density at radius 3 is 2.80 bits per heavy atom. The van der Waals surface area contributed by atoms with Crippen LogP contribution in [0, 0.1) is 0 Å². The fourth-order valence-corrected chi connectivity index (χ4v) is 4.26. The minimum Gasteiger partial charge on any atom is -0.479 e. The highest BCUT2D eigenvalue weighted by Gasteiger charge is 2.22. The van der Waals surface area contributed by atoms with Crippen LogP contribution in [0.5, 0.6) is 0 Å². The van der Waals surface area contributed by atoms with Crippen molar-refractivity contribution in [2.45, 2.75) is 6.10 Å². The summed E-state index contributed by atoms with van der Waals surface area (Å²) in [4.78, 5) is 10.7. The number of carbonyl (C=O) groups is 1. The molecule has 0 bridgehead atoms. The molecule has 1 heterocycles. The average molecular weight is 196 g/mol. The monoisotopic (exact) mass is 196 g/mol. The molecular weight excluding hydrogens is 192 g/mol. The highest BCUT2D eigenvalue weighted by Crippen LogP contribution is 2.49. The van der Waals surface area contributed by atoms with E-state index in [9.17, 15) is 4.79 Å². The van der Waals surface area contributed by atoms with Crippen molar-refractivity contribution in [3.8, 4) is 0 Å². The fraction of sp³-hybridized carbons (Fsp3) is 0.250.